The first-order valence-corrected chi connectivity index (χ1v) is 5.41. The lowest BCUT2D eigenvalue weighted by Gasteiger charge is -2.18. The normalized spacial score (nSPS) is 12.4. The van der Waals surface area contributed by atoms with Crippen molar-refractivity contribution in [2.24, 2.45) is 5.84 Å². The topological polar surface area (TPSA) is 50.9 Å². The molecule has 1 unspecified atom stereocenters. The van der Waals surface area contributed by atoms with Gasteiger partial charge in [-0.15, -0.1) is 0 Å². The number of rotatable bonds is 3. The molecule has 5 heteroatoms. The Hall–Kier alpha value is -1.49. The molecule has 0 amide bonds. The largest absolute Gasteiger partial charge is 0.271 e. The lowest BCUT2D eigenvalue weighted by molar-refractivity contribution is 0.605. The molecule has 0 spiro atoms. The van der Waals surface area contributed by atoms with E-state index in [-0.39, 0.29) is 11.9 Å². The fraction of sp³-hybridized carbons (Fsp3) is 0.0833. The van der Waals surface area contributed by atoms with Gasteiger partial charge in [-0.05, 0) is 41.5 Å². The highest BCUT2D eigenvalue weighted by Gasteiger charge is 2.16. The first kappa shape index (κ1) is 12.0. The molecule has 3 nitrogen and oxygen atoms in total. The minimum Gasteiger partial charge on any atom is -0.271 e. The summed E-state index contributed by atoms with van der Waals surface area (Å²) in [7, 11) is 0. The molecule has 17 heavy (non-hydrogen) atoms. The fourth-order valence-corrected chi connectivity index (χ4v) is 1.88. The molecule has 1 atom stereocenters. The number of hydrazine groups is 1. The van der Waals surface area contributed by atoms with Gasteiger partial charge in [-0.2, -0.15) is 0 Å². The van der Waals surface area contributed by atoms with Gasteiger partial charge in [-0.1, -0.05) is 11.6 Å². The first-order valence-electron chi connectivity index (χ1n) is 5.03. The molecular formula is C12H11ClFN3. The number of nitrogens with one attached hydrogen (secondary N) is 1. The Balaban J connectivity index is 2.46. The molecule has 0 aliphatic rings. The van der Waals surface area contributed by atoms with Crippen molar-refractivity contribution in [2.75, 3.05) is 0 Å². The summed E-state index contributed by atoms with van der Waals surface area (Å²) in [5, 5.41) is 0.464. The van der Waals surface area contributed by atoms with Crippen LogP contribution in [0.5, 0.6) is 0 Å². The Bertz CT molecular complexity index is 504. The molecule has 1 aromatic heterocycles. The summed E-state index contributed by atoms with van der Waals surface area (Å²) in [6, 6.07) is 7.43. The molecule has 1 heterocycles. The maximum atomic E-state index is 13.2. The van der Waals surface area contributed by atoms with Crippen LogP contribution in [0.15, 0.2) is 42.7 Å². The third-order valence-corrected chi connectivity index (χ3v) is 2.82. The van der Waals surface area contributed by atoms with Gasteiger partial charge in [0.1, 0.15) is 5.82 Å². The summed E-state index contributed by atoms with van der Waals surface area (Å²) in [6.07, 6.45) is 3.29. The Kier molecular flexibility index (Phi) is 3.68. The third kappa shape index (κ3) is 2.61. The quantitative estimate of drug-likeness (QED) is 0.651. The van der Waals surface area contributed by atoms with E-state index in [1.807, 2.05) is 0 Å². The van der Waals surface area contributed by atoms with Gasteiger partial charge >= 0.3 is 0 Å². The van der Waals surface area contributed by atoms with Crippen molar-refractivity contribution in [1.82, 2.24) is 10.4 Å². The smallest absolute Gasteiger partial charge is 0.123 e. The Morgan fingerprint density at radius 1 is 1.24 bits per heavy atom. The highest BCUT2D eigenvalue weighted by molar-refractivity contribution is 6.31. The first-order chi connectivity index (χ1) is 8.22. The van der Waals surface area contributed by atoms with Gasteiger partial charge in [0.25, 0.3) is 0 Å². The number of hydrogen-bond donors (Lipinski definition) is 2. The molecule has 3 N–H and O–H groups in total. The molecule has 0 fully saturated rings. The molecule has 0 bridgehead atoms. The van der Waals surface area contributed by atoms with Crippen molar-refractivity contribution in [3.8, 4) is 0 Å². The summed E-state index contributed by atoms with van der Waals surface area (Å²) >= 11 is 6.04. The molecule has 0 saturated heterocycles. The molecule has 0 radical (unpaired) electrons. The van der Waals surface area contributed by atoms with E-state index in [0.717, 1.165) is 5.56 Å². The minimum atomic E-state index is -0.360. The summed E-state index contributed by atoms with van der Waals surface area (Å²) in [5.74, 6) is 5.16. The van der Waals surface area contributed by atoms with Crippen LogP contribution in [-0.4, -0.2) is 4.98 Å². The Morgan fingerprint density at radius 3 is 2.59 bits per heavy atom. The summed E-state index contributed by atoms with van der Waals surface area (Å²) < 4.78 is 13.2. The Morgan fingerprint density at radius 2 is 1.94 bits per heavy atom. The van der Waals surface area contributed by atoms with Gasteiger partial charge in [-0.3, -0.25) is 10.8 Å². The molecule has 0 aliphatic heterocycles. The minimum absolute atomic E-state index is 0.348. The van der Waals surface area contributed by atoms with Gasteiger partial charge < -0.3 is 0 Å². The zero-order chi connectivity index (χ0) is 12.3. The van der Waals surface area contributed by atoms with E-state index in [2.05, 4.69) is 10.4 Å². The summed E-state index contributed by atoms with van der Waals surface area (Å²) in [5.41, 5.74) is 4.09. The van der Waals surface area contributed by atoms with Crippen LogP contribution in [0.1, 0.15) is 17.2 Å². The van der Waals surface area contributed by atoms with Gasteiger partial charge in [0.2, 0.25) is 0 Å². The second kappa shape index (κ2) is 5.23. The summed E-state index contributed by atoms with van der Waals surface area (Å²) in [4.78, 5) is 3.92. The molecular weight excluding hydrogens is 241 g/mol. The molecule has 88 valence electrons. The van der Waals surface area contributed by atoms with E-state index in [9.17, 15) is 4.39 Å². The maximum absolute atomic E-state index is 13.2. The van der Waals surface area contributed by atoms with E-state index in [1.165, 1.54) is 18.2 Å². The van der Waals surface area contributed by atoms with Crippen LogP contribution in [0.3, 0.4) is 0 Å². The van der Waals surface area contributed by atoms with Gasteiger partial charge in [0.15, 0.2) is 0 Å². The molecule has 0 aliphatic carbocycles. The van der Waals surface area contributed by atoms with Crippen molar-refractivity contribution >= 4 is 11.6 Å². The third-order valence-electron chi connectivity index (χ3n) is 2.48. The highest BCUT2D eigenvalue weighted by Crippen LogP contribution is 2.28. The standard InChI is InChI=1S/C12H11ClFN3/c13-11-2-1-9(14)7-10(11)12(17-15)8-3-5-16-6-4-8/h1-7,12,17H,15H2. The predicted octanol–water partition coefficient (Wildman–Crippen LogP) is 2.43. The van der Waals surface area contributed by atoms with E-state index < -0.39 is 0 Å². The van der Waals surface area contributed by atoms with Crippen LogP contribution >= 0.6 is 11.6 Å². The fourth-order valence-electron chi connectivity index (χ4n) is 1.66. The number of benzene rings is 1. The molecule has 1 aromatic carbocycles. The van der Waals surface area contributed by atoms with Gasteiger partial charge in [0, 0.05) is 17.4 Å². The molecule has 2 aromatic rings. The van der Waals surface area contributed by atoms with E-state index in [4.69, 9.17) is 17.4 Å². The van der Waals surface area contributed by atoms with E-state index in [1.54, 1.807) is 24.5 Å². The second-order valence-corrected chi connectivity index (χ2v) is 3.95. The van der Waals surface area contributed by atoms with Crippen LogP contribution in [0.2, 0.25) is 5.02 Å². The van der Waals surface area contributed by atoms with Crippen LogP contribution in [-0.2, 0) is 0 Å². The maximum Gasteiger partial charge on any atom is 0.123 e. The van der Waals surface area contributed by atoms with E-state index in [0.29, 0.717) is 10.6 Å². The van der Waals surface area contributed by atoms with Crippen molar-refractivity contribution in [3.05, 3.63) is 64.7 Å². The van der Waals surface area contributed by atoms with Gasteiger partial charge in [-0.25, -0.2) is 9.82 Å². The van der Waals surface area contributed by atoms with Crippen LogP contribution in [0.4, 0.5) is 4.39 Å². The number of nitrogens with two attached hydrogens (primary N) is 1. The van der Waals surface area contributed by atoms with Crippen molar-refractivity contribution in [3.63, 3.8) is 0 Å². The average molecular weight is 252 g/mol. The van der Waals surface area contributed by atoms with Gasteiger partial charge in [0.05, 0.1) is 6.04 Å². The Labute approximate surface area is 103 Å². The van der Waals surface area contributed by atoms with Crippen molar-refractivity contribution in [1.29, 1.82) is 0 Å². The van der Waals surface area contributed by atoms with Crippen LogP contribution in [0, 0.1) is 5.82 Å². The predicted molar refractivity (Wildman–Crippen MR) is 64.8 cm³/mol. The lowest BCUT2D eigenvalue weighted by atomic mass is 10.0. The molecule has 0 saturated carbocycles. The number of pyridine rings is 1. The number of hydrogen-bond acceptors (Lipinski definition) is 3. The number of halogens is 2. The molecule has 2 rings (SSSR count). The monoisotopic (exact) mass is 251 g/mol. The zero-order valence-electron chi connectivity index (χ0n) is 8.90. The highest BCUT2D eigenvalue weighted by atomic mass is 35.5. The van der Waals surface area contributed by atoms with E-state index >= 15 is 0 Å². The number of aromatic nitrogens is 1. The lowest BCUT2D eigenvalue weighted by Crippen LogP contribution is -2.29. The second-order valence-electron chi connectivity index (χ2n) is 3.55. The SMILES string of the molecule is NNC(c1ccncc1)c1cc(F)ccc1Cl. The zero-order valence-corrected chi connectivity index (χ0v) is 9.66. The number of nitrogens with zero attached hydrogens (tertiary/aromatic N) is 1. The summed E-state index contributed by atoms with van der Waals surface area (Å²) in [6.45, 7) is 0. The average Bonchev–Trinajstić information content (AvgIpc) is 2.36. The van der Waals surface area contributed by atoms with Crippen molar-refractivity contribution in [2.45, 2.75) is 6.04 Å². The van der Waals surface area contributed by atoms with Crippen LogP contribution < -0.4 is 11.3 Å². The van der Waals surface area contributed by atoms with Crippen LogP contribution in [0.25, 0.3) is 0 Å². The van der Waals surface area contributed by atoms with Crippen molar-refractivity contribution < 1.29 is 4.39 Å².